The first kappa shape index (κ1) is 17.9. The predicted molar refractivity (Wildman–Crippen MR) is 71.4 cm³/mol. The van der Waals surface area contributed by atoms with Crippen LogP contribution in [0.2, 0.25) is 0 Å². The summed E-state index contributed by atoms with van der Waals surface area (Å²) in [5.41, 5.74) is 0. The van der Waals surface area contributed by atoms with E-state index < -0.39 is 29.9 Å². The zero-order chi connectivity index (χ0) is 15.9. The average molecular weight is 283 g/mol. The molecule has 3 N–H and O–H groups in total. The molecule has 0 aliphatic rings. The van der Waals surface area contributed by atoms with E-state index in [4.69, 9.17) is 10.4 Å². The summed E-state index contributed by atoms with van der Waals surface area (Å²) in [6.07, 6.45) is 0.0163. The molecule has 7 heteroatoms. The maximum absolute atomic E-state index is 12.0. The Morgan fingerprint density at radius 3 is 2.10 bits per heavy atom. The van der Waals surface area contributed by atoms with Gasteiger partial charge in [-0.25, -0.2) is 4.79 Å². The van der Waals surface area contributed by atoms with Crippen LogP contribution in [-0.2, 0) is 14.4 Å². The Hall–Kier alpha value is -2.10. The number of hydrogen-bond donors (Lipinski definition) is 3. The van der Waals surface area contributed by atoms with Crippen LogP contribution in [0.5, 0.6) is 0 Å². The molecule has 0 bridgehead atoms. The largest absolute Gasteiger partial charge is 0.480 e. The van der Waals surface area contributed by atoms with Gasteiger partial charge < -0.3 is 15.7 Å². The maximum Gasteiger partial charge on any atom is 0.326 e. The Bertz CT molecular complexity index is 414. The van der Waals surface area contributed by atoms with Gasteiger partial charge >= 0.3 is 5.97 Å². The first-order chi connectivity index (χ1) is 9.18. The second kappa shape index (κ2) is 8.15. The van der Waals surface area contributed by atoms with Crippen molar-refractivity contribution in [1.82, 2.24) is 10.6 Å². The van der Waals surface area contributed by atoms with Crippen molar-refractivity contribution in [2.45, 2.75) is 46.2 Å². The van der Waals surface area contributed by atoms with Crippen molar-refractivity contribution < 1.29 is 19.5 Å². The van der Waals surface area contributed by atoms with Gasteiger partial charge in [-0.2, -0.15) is 5.26 Å². The number of carboxylic acid groups (broad SMARTS) is 1. The average Bonchev–Trinajstić information content (AvgIpc) is 2.33. The number of aliphatic carboxylic acids is 1. The Morgan fingerprint density at radius 2 is 1.75 bits per heavy atom. The van der Waals surface area contributed by atoms with Crippen molar-refractivity contribution >= 4 is 17.8 Å². The zero-order valence-corrected chi connectivity index (χ0v) is 12.1. The van der Waals surface area contributed by atoms with E-state index in [1.165, 1.54) is 6.92 Å². The van der Waals surface area contributed by atoms with Crippen LogP contribution in [0.25, 0.3) is 0 Å². The molecule has 0 aromatic heterocycles. The van der Waals surface area contributed by atoms with E-state index >= 15 is 0 Å². The third-order valence-corrected chi connectivity index (χ3v) is 2.73. The van der Waals surface area contributed by atoms with Gasteiger partial charge in [0, 0.05) is 12.8 Å². The van der Waals surface area contributed by atoms with Gasteiger partial charge in [-0.3, -0.25) is 9.59 Å². The highest BCUT2D eigenvalue weighted by molar-refractivity contribution is 5.90. The lowest BCUT2D eigenvalue weighted by Gasteiger charge is -2.23. The Kier molecular flexibility index (Phi) is 7.29. The number of nitrogens with zero attached hydrogens (tertiary/aromatic N) is 1. The smallest absolute Gasteiger partial charge is 0.326 e. The minimum Gasteiger partial charge on any atom is -0.480 e. The summed E-state index contributed by atoms with van der Waals surface area (Å²) in [7, 11) is 0. The van der Waals surface area contributed by atoms with Crippen LogP contribution in [0.3, 0.4) is 0 Å². The van der Waals surface area contributed by atoms with Gasteiger partial charge in [-0.15, -0.1) is 0 Å². The fourth-order valence-corrected chi connectivity index (χ4v) is 1.64. The van der Waals surface area contributed by atoms with Crippen molar-refractivity contribution in [2.24, 2.45) is 11.8 Å². The van der Waals surface area contributed by atoms with Crippen LogP contribution in [0, 0.1) is 23.2 Å². The molecule has 0 spiro atoms. The van der Waals surface area contributed by atoms with Crippen molar-refractivity contribution in [3.8, 4) is 6.07 Å². The third-order valence-electron chi connectivity index (χ3n) is 2.73. The normalized spacial score (nSPS) is 14.8. The van der Waals surface area contributed by atoms with Crippen molar-refractivity contribution in [3.63, 3.8) is 0 Å². The number of carbonyl (C=O) groups is 3. The molecule has 3 atom stereocenters. The Labute approximate surface area is 118 Å². The zero-order valence-electron chi connectivity index (χ0n) is 12.1. The number of rotatable bonds is 7. The number of carboxylic acids is 1. The lowest BCUT2D eigenvalue weighted by Crippen LogP contribution is -2.53. The number of amides is 2. The van der Waals surface area contributed by atoms with E-state index in [-0.39, 0.29) is 18.2 Å². The predicted octanol–water partition coefficient (Wildman–Crippen LogP) is 0.266. The van der Waals surface area contributed by atoms with E-state index in [1.54, 1.807) is 20.8 Å². The highest BCUT2D eigenvalue weighted by atomic mass is 16.4. The van der Waals surface area contributed by atoms with Gasteiger partial charge in [0.05, 0.1) is 6.07 Å². The Morgan fingerprint density at radius 1 is 1.20 bits per heavy atom. The molecular formula is C13H21N3O4. The van der Waals surface area contributed by atoms with Gasteiger partial charge in [-0.1, -0.05) is 13.8 Å². The van der Waals surface area contributed by atoms with Gasteiger partial charge in [0.15, 0.2) is 0 Å². The van der Waals surface area contributed by atoms with Crippen LogP contribution in [0.15, 0.2) is 0 Å². The highest BCUT2D eigenvalue weighted by Crippen LogP contribution is 2.07. The molecule has 0 fully saturated rings. The molecule has 0 aliphatic carbocycles. The summed E-state index contributed by atoms with van der Waals surface area (Å²) in [5, 5.41) is 22.6. The van der Waals surface area contributed by atoms with Gasteiger partial charge in [0.25, 0.3) is 0 Å². The Balaban J connectivity index is 4.84. The molecule has 0 aromatic carbocycles. The van der Waals surface area contributed by atoms with E-state index in [0.29, 0.717) is 0 Å². The highest BCUT2D eigenvalue weighted by Gasteiger charge is 2.28. The fraction of sp³-hybridized carbons (Fsp3) is 0.692. The molecule has 2 amide bonds. The van der Waals surface area contributed by atoms with E-state index in [2.05, 4.69) is 10.6 Å². The molecule has 7 nitrogen and oxygen atoms in total. The number of nitriles is 1. The molecule has 0 aliphatic heterocycles. The molecule has 0 saturated carbocycles. The van der Waals surface area contributed by atoms with Crippen LogP contribution in [0.1, 0.15) is 34.1 Å². The first-order valence-electron chi connectivity index (χ1n) is 6.38. The minimum absolute atomic E-state index is 0.0163. The summed E-state index contributed by atoms with van der Waals surface area (Å²) in [6, 6.07) is -0.0221. The van der Waals surface area contributed by atoms with Gasteiger partial charge in [0.1, 0.15) is 12.1 Å². The van der Waals surface area contributed by atoms with Crippen LogP contribution >= 0.6 is 0 Å². The monoisotopic (exact) mass is 283 g/mol. The molecular weight excluding hydrogens is 262 g/mol. The topological polar surface area (TPSA) is 119 Å². The van der Waals surface area contributed by atoms with Crippen molar-refractivity contribution in [3.05, 3.63) is 0 Å². The maximum atomic E-state index is 12.0. The van der Waals surface area contributed by atoms with E-state index in [0.717, 1.165) is 0 Å². The summed E-state index contributed by atoms with van der Waals surface area (Å²) in [5.74, 6) is -2.80. The van der Waals surface area contributed by atoms with Crippen molar-refractivity contribution in [2.75, 3.05) is 0 Å². The molecule has 0 radical (unpaired) electrons. The number of hydrogen-bond acceptors (Lipinski definition) is 4. The number of nitrogens with one attached hydrogen (secondary N) is 2. The lowest BCUT2D eigenvalue weighted by molar-refractivity contribution is -0.142. The molecule has 0 aromatic rings. The first-order valence-corrected chi connectivity index (χ1v) is 6.38. The molecule has 0 rings (SSSR count). The van der Waals surface area contributed by atoms with E-state index in [9.17, 15) is 14.4 Å². The second-order valence-electron chi connectivity index (χ2n) is 5.09. The fourth-order valence-electron chi connectivity index (χ4n) is 1.64. The molecule has 20 heavy (non-hydrogen) atoms. The van der Waals surface area contributed by atoms with Crippen LogP contribution in [0.4, 0.5) is 0 Å². The summed E-state index contributed by atoms with van der Waals surface area (Å²) < 4.78 is 0. The van der Waals surface area contributed by atoms with E-state index in [1.807, 2.05) is 6.07 Å². The minimum atomic E-state index is -1.20. The standard InChI is InChI=1S/C13H21N3O4/c1-7(2)11(15-9(4)17)12(18)16-10(13(19)20)5-8(3)6-14/h7-8,10-11H,5H2,1-4H3,(H,15,17)(H,16,18)(H,19,20)/t8-,10+,11+/m0/s1. The molecule has 0 unspecified atom stereocenters. The summed E-state index contributed by atoms with van der Waals surface area (Å²) >= 11 is 0. The lowest BCUT2D eigenvalue weighted by atomic mass is 10.0. The molecule has 0 heterocycles. The quantitative estimate of drug-likeness (QED) is 0.619. The summed E-state index contributed by atoms with van der Waals surface area (Å²) in [6.45, 7) is 6.35. The third kappa shape index (κ3) is 6.18. The second-order valence-corrected chi connectivity index (χ2v) is 5.09. The van der Waals surface area contributed by atoms with Gasteiger partial charge in [-0.05, 0) is 19.3 Å². The van der Waals surface area contributed by atoms with Gasteiger partial charge in [0.2, 0.25) is 11.8 Å². The molecule has 112 valence electrons. The van der Waals surface area contributed by atoms with Crippen molar-refractivity contribution in [1.29, 1.82) is 5.26 Å². The molecule has 0 saturated heterocycles. The SMILES string of the molecule is CC(=O)N[C@@H](C(=O)N[C@H](C[C@H](C)C#N)C(=O)O)C(C)C. The summed E-state index contributed by atoms with van der Waals surface area (Å²) in [4.78, 5) is 34.2. The van der Waals surface area contributed by atoms with Crippen LogP contribution in [-0.4, -0.2) is 35.0 Å². The number of carbonyl (C=O) groups excluding carboxylic acids is 2. The van der Waals surface area contributed by atoms with Crippen LogP contribution < -0.4 is 10.6 Å².